The van der Waals surface area contributed by atoms with Gasteiger partial charge in [0.15, 0.2) is 0 Å². The minimum Gasteiger partial charge on any atom is -0.462 e. The molecule has 0 aromatic heterocycles. The molecule has 0 fully saturated rings. The van der Waals surface area contributed by atoms with E-state index in [9.17, 15) is 13.2 Å². The third-order valence-corrected chi connectivity index (χ3v) is 6.14. The number of esters is 1. The van der Waals surface area contributed by atoms with Gasteiger partial charge >= 0.3 is 5.97 Å². The van der Waals surface area contributed by atoms with Crippen LogP contribution in [-0.2, 0) is 29.0 Å². The standard InChI is InChI=1S/C20H42N2O6S/c1-16(19(2,3)4)28-17(13-22(20(5,6)7)29(10,24)25)15-27-18(23)14-21(8)11-12-26-9/h16-17H,11-15H2,1-10H3/t16-,17-/m0/s1. The summed E-state index contributed by atoms with van der Waals surface area (Å²) in [6.07, 6.45) is 0.447. The van der Waals surface area contributed by atoms with Crippen LogP contribution in [0, 0.1) is 5.41 Å². The lowest BCUT2D eigenvalue weighted by Crippen LogP contribution is -2.51. The van der Waals surface area contributed by atoms with Crippen molar-refractivity contribution in [2.24, 2.45) is 5.41 Å². The van der Waals surface area contributed by atoms with E-state index in [0.717, 1.165) is 0 Å². The Bertz CT molecular complexity index is 595. The van der Waals surface area contributed by atoms with Gasteiger partial charge in [-0.2, -0.15) is 4.31 Å². The van der Waals surface area contributed by atoms with Crippen molar-refractivity contribution in [3.05, 3.63) is 0 Å². The van der Waals surface area contributed by atoms with Crippen LogP contribution in [0.25, 0.3) is 0 Å². The molecule has 0 saturated carbocycles. The lowest BCUT2D eigenvalue weighted by Gasteiger charge is -2.38. The third kappa shape index (κ3) is 11.9. The summed E-state index contributed by atoms with van der Waals surface area (Å²) >= 11 is 0. The van der Waals surface area contributed by atoms with Gasteiger partial charge in [0, 0.05) is 25.7 Å². The van der Waals surface area contributed by atoms with E-state index in [0.29, 0.717) is 13.2 Å². The molecule has 0 aliphatic carbocycles. The molecule has 174 valence electrons. The normalized spacial score (nSPS) is 15.6. The highest BCUT2D eigenvalue weighted by molar-refractivity contribution is 7.88. The predicted molar refractivity (Wildman–Crippen MR) is 115 cm³/mol. The molecular formula is C20H42N2O6S. The summed E-state index contributed by atoms with van der Waals surface area (Å²) in [4.78, 5) is 14.0. The molecule has 0 aliphatic heterocycles. The van der Waals surface area contributed by atoms with E-state index in [2.05, 4.69) is 0 Å². The molecule has 0 aromatic rings. The number of hydrogen-bond donors (Lipinski definition) is 0. The largest absolute Gasteiger partial charge is 0.462 e. The number of carbonyl (C=O) groups excluding carboxylic acids is 1. The maximum Gasteiger partial charge on any atom is 0.320 e. The topological polar surface area (TPSA) is 85.4 Å². The molecule has 0 bridgehead atoms. The van der Waals surface area contributed by atoms with E-state index in [-0.39, 0.29) is 37.2 Å². The number of likely N-dealkylation sites (N-methyl/N-ethyl adjacent to an activating group) is 1. The van der Waals surface area contributed by atoms with Gasteiger partial charge in [0.05, 0.1) is 25.5 Å². The zero-order valence-electron chi connectivity index (χ0n) is 19.9. The molecule has 9 heteroatoms. The first-order valence-electron chi connectivity index (χ1n) is 9.94. The fraction of sp³-hybridized carbons (Fsp3) is 0.950. The van der Waals surface area contributed by atoms with Crippen LogP contribution in [-0.4, -0.2) is 94.6 Å². The van der Waals surface area contributed by atoms with Gasteiger partial charge in [-0.3, -0.25) is 9.69 Å². The van der Waals surface area contributed by atoms with Gasteiger partial charge in [-0.05, 0) is 40.2 Å². The molecule has 0 saturated heterocycles. The molecule has 0 amide bonds. The first-order valence-corrected chi connectivity index (χ1v) is 11.8. The monoisotopic (exact) mass is 438 g/mol. The van der Waals surface area contributed by atoms with Crippen LogP contribution >= 0.6 is 0 Å². The molecule has 0 spiro atoms. The van der Waals surface area contributed by atoms with Crippen molar-refractivity contribution < 1.29 is 27.4 Å². The second-order valence-corrected chi connectivity index (χ2v) is 11.6. The Kier molecular flexibility index (Phi) is 11.3. The molecule has 8 nitrogen and oxygen atoms in total. The maximum atomic E-state index is 12.3. The van der Waals surface area contributed by atoms with Crippen LogP contribution in [0.2, 0.25) is 0 Å². The van der Waals surface area contributed by atoms with Crippen LogP contribution < -0.4 is 0 Å². The van der Waals surface area contributed by atoms with Crippen molar-refractivity contribution in [1.29, 1.82) is 0 Å². The van der Waals surface area contributed by atoms with E-state index >= 15 is 0 Å². The quantitative estimate of drug-likeness (QED) is 0.431. The summed E-state index contributed by atoms with van der Waals surface area (Å²) in [6, 6.07) is 0. The second-order valence-electron chi connectivity index (χ2n) is 9.64. The highest BCUT2D eigenvalue weighted by Gasteiger charge is 2.34. The van der Waals surface area contributed by atoms with Crippen molar-refractivity contribution in [3.63, 3.8) is 0 Å². The van der Waals surface area contributed by atoms with Gasteiger partial charge in [0.25, 0.3) is 0 Å². The van der Waals surface area contributed by atoms with Crippen molar-refractivity contribution >= 4 is 16.0 Å². The first kappa shape index (κ1) is 28.3. The van der Waals surface area contributed by atoms with Crippen LogP contribution in [0.5, 0.6) is 0 Å². The van der Waals surface area contributed by atoms with Gasteiger partial charge in [0.2, 0.25) is 10.0 Å². The van der Waals surface area contributed by atoms with Crippen molar-refractivity contribution in [2.75, 3.05) is 53.3 Å². The Morgan fingerprint density at radius 3 is 2.07 bits per heavy atom. The molecule has 0 heterocycles. The Morgan fingerprint density at radius 2 is 1.66 bits per heavy atom. The summed E-state index contributed by atoms with van der Waals surface area (Å²) in [5.41, 5.74) is -0.759. The van der Waals surface area contributed by atoms with E-state index in [1.807, 2.05) is 48.5 Å². The first-order chi connectivity index (χ1) is 13.0. The molecular weight excluding hydrogens is 396 g/mol. The number of rotatable bonds is 12. The third-order valence-electron chi connectivity index (χ3n) is 4.64. The number of ether oxygens (including phenoxy) is 3. The zero-order valence-corrected chi connectivity index (χ0v) is 20.8. The minimum absolute atomic E-state index is 0.0144. The van der Waals surface area contributed by atoms with Crippen molar-refractivity contribution in [3.8, 4) is 0 Å². The van der Waals surface area contributed by atoms with E-state index in [4.69, 9.17) is 14.2 Å². The van der Waals surface area contributed by atoms with E-state index in [1.54, 1.807) is 19.1 Å². The van der Waals surface area contributed by atoms with Gasteiger partial charge in [0.1, 0.15) is 12.7 Å². The summed E-state index contributed by atoms with van der Waals surface area (Å²) in [7, 11) is -0.0552. The summed E-state index contributed by atoms with van der Waals surface area (Å²) < 4.78 is 42.6. The Morgan fingerprint density at radius 1 is 1.10 bits per heavy atom. The number of hydrogen-bond acceptors (Lipinski definition) is 7. The number of carbonyl (C=O) groups is 1. The fourth-order valence-corrected chi connectivity index (χ4v) is 3.93. The number of nitrogens with zero attached hydrogens (tertiary/aromatic N) is 2. The fourth-order valence-electron chi connectivity index (χ4n) is 2.50. The lowest BCUT2D eigenvalue weighted by molar-refractivity contribution is -0.153. The number of methoxy groups -OCH3 is 1. The molecule has 0 unspecified atom stereocenters. The zero-order chi connectivity index (χ0) is 23.0. The van der Waals surface area contributed by atoms with Gasteiger partial charge in [-0.1, -0.05) is 20.8 Å². The SMILES string of the molecule is COCCN(C)CC(=O)OC[C@H](CN(C(C)(C)C)S(C)(=O)=O)O[C@@H](C)C(C)(C)C. The van der Waals surface area contributed by atoms with Gasteiger partial charge in [-0.15, -0.1) is 0 Å². The van der Waals surface area contributed by atoms with Crippen LogP contribution in [0.4, 0.5) is 0 Å². The molecule has 0 radical (unpaired) electrons. The highest BCUT2D eigenvalue weighted by Crippen LogP contribution is 2.25. The minimum atomic E-state index is -3.47. The van der Waals surface area contributed by atoms with Crippen LogP contribution in [0.1, 0.15) is 48.5 Å². The summed E-state index contributed by atoms with van der Waals surface area (Å²) in [5.74, 6) is -0.387. The average molecular weight is 439 g/mol. The Labute approximate surface area is 177 Å². The lowest BCUT2D eigenvalue weighted by atomic mass is 9.90. The Balaban J connectivity index is 5.23. The highest BCUT2D eigenvalue weighted by atomic mass is 32.2. The molecule has 0 aliphatic rings. The molecule has 0 rings (SSSR count). The van der Waals surface area contributed by atoms with E-state index in [1.165, 1.54) is 10.6 Å². The molecule has 29 heavy (non-hydrogen) atoms. The maximum absolute atomic E-state index is 12.3. The summed E-state index contributed by atoms with van der Waals surface area (Å²) in [5, 5.41) is 0. The van der Waals surface area contributed by atoms with Gasteiger partial charge in [-0.25, -0.2) is 8.42 Å². The van der Waals surface area contributed by atoms with Crippen LogP contribution in [0.3, 0.4) is 0 Å². The van der Waals surface area contributed by atoms with Crippen molar-refractivity contribution in [1.82, 2.24) is 9.21 Å². The molecule has 2 atom stereocenters. The second kappa shape index (κ2) is 11.6. The number of sulfonamides is 1. The van der Waals surface area contributed by atoms with Crippen molar-refractivity contribution in [2.45, 2.75) is 66.2 Å². The van der Waals surface area contributed by atoms with Gasteiger partial charge < -0.3 is 14.2 Å². The Hall–Kier alpha value is -0.740. The van der Waals surface area contributed by atoms with Crippen LogP contribution in [0.15, 0.2) is 0 Å². The predicted octanol–water partition coefficient (Wildman–Crippen LogP) is 1.99. The smallest absolute Gasteiger partial charge is 0.320 e. The van der Waals surface area contributed by atoms with E-state index < -0.39 is 21.7 Å². The molecule has 0 N–H and O–H groups in total. The average Bonchev–Trinajstić information content (AvgIpc) is 2.51. The summed E-state index contributed by atoms with van der Waals surface area (Å²) in [6.45, 7) is 14.9. The molecule has 0 aromatic carbocycles.